The molecular formula is C20H17N3O5. The third-order valence-electron chi connectivity index (χ3n) is 4.15. The van der Waals surface area contributed by atoms with E-state index in [-0.39, 0.29) is 29.4 Å². The first kappa shape index (κ1) is 18.8. The van der Waals surface area contributed by atoms with Crippen molar-refractivity contribution in [2.75, 3.05) is 7.11 Å². The predicted octanol–water partition coefficient (Wildman–Crippen LogP) is 3.16. The number of methoxy groups -OCH3 is 1. The van der Waals surface area contributed by atoms with Crippen molar-refractivity contribution in [2.45, 2.75) is 6.42 Å². The molecule has 0 unspecified atom stereocenters. The first-order chi connectivity index (χ1) is 13.5. The molecule has 3 aromatic rings. The van der Waals surface area contributed by atoms with Crippen LogP contribution in [-0.2, 0) is 11.2 Å². The fraction of sp³-hybridized carbons (Fsp3) is 0.100. The van der Waals surface area contributed by atoms with Gasteiger partial charge < -0.3 is 9.84 Å². The second-order valence-corrected chi connectivity index (χ2v) is 5.92. The zero-order valence-corrected chi connectivity index (χ0v) is 15.0. The van der Waals surface area contributed by atoms with Gasteiger partial charge in [-0.25, -0.2) is 5.43 Å². The number of hydrazone groups is 1. The highest BCUT2D eigenvalue weighted by atomic mass is 16.6. The molecule has 0 saturated heterocycles. The molecule has 3 aromatic carbocycles. The molecule has 0 fully saturated rings. The number of nitrogens with zero attached hydrogens (tertiary/aromatic N) is 2. The van der Waals surface area contributed by atoms with Crippen molar-refractivity contribution < 1.29 is 19.6 Å². The lowest BCUT2D eigenvalue weighted by atomic mass is 10.0. The van der Waals surface area contributed by atoms with Crippen molar-refractivity contribution in [3.63, 3.8) is 0 Å². The topological polar surface area (TPSA) is 114 Å². The Balaban J connectivity index is 1.76. The van der Waals surface area contributed by atoms with Gasteiger partial charge in [0, 0.05) is 0 Å². The molecule has 142 valence electrons. The van der Waals surface area contributed by atoms with E-state index in [1.54, 1.807) is 0 Å². The Kier molecular flexibility index (Phi) is 5.50. The van der Waals surface area contributed by atoms with Crippen LogP contribution in [0.5, 0.6) is 11.5 Å². The summed E-state index contributed by atoms with van der Waals surface area (Å²) in [5.41, 5.74) is 2.87. The van der Waals surface area contributed by atoms with E-state index in [0.717, 1.165) is 22.6 Å². The summed E-state index contributed by atoms with van der Waals surface area (Å²) in [5, 5.41) is 26.8. The van der Waals surface area contributed by atoms with Gasteiger partial charge in [0.25, 0.3) is 0 Å². The molecule has 0 saturated carbocycles. The third-order valence-corrected chi connectivity index (χ3v) is 4.15. The second-order valence-electron chi connectivity index (χ2n) is 5.92. The number of ether oxygens (including phenoxy) is 1. The number of aromatic hydroxyl groups is 1. The highest BCUT2D eigenvalue weighted by Crippen LogP contribution is 2.37. The van der Waals surface area contributed by atoms with Crippen molar-refractivity contribution in [2.24, 2.45) is 5.10 Å². The molecule has 3 rings (SSSR count). The number of fused-ring (bicyclic) bond motifs is 1. The Morgan fingerprint density at radius 1 is 1.21 bits per heavy atom. The molecule has 0 bridgehead atoms. The van der Waals surface area contributed by atoms with Crippen LogP contribution in [0.3, 0.4) is 0 Å². The number of carbonyl (C=O) groups excluding carboxylic acids is 1. The third kappa shape index (κ3) is 3.90. The minimum atomic E-state index is -0.683. The molecule has 0 aliphatic heterocycles. The van der Waals surface area contributed by atoms with E-state index in [2.05, 4.69) is 10.5 Å². The van der Waals surface area contributed by atoms with Crippen molar-refractivity contribution in [1.29, 1.82) is 0 Å². The number of phenolic OH excluding ortho intramolecular Hbond substituents is 1. The van der Waals surface area contributed by atoms with Gasteiger partial charge in [-0.15, -0.1) is 0 Å². The predicted molar refractivity (Wildman–Crippen MR) is 105 cm³/mol. The number of hydrogen-bond donors (Lipinski definition) is 2. The van der Waals surface area contributed by atoms with Crippen LogP contribution in [0.25, 0.3) is 10.8 Å². The van der Waals surface area contributed by atoms with Crippen LogP contribution in [0.1, 0.15) is 11.1 Å². The Labute approximate surface area is 160 Å². The van der Waals surface area contributed by atoms with Crippen molar-refractivity contribution in [3.8, 4) is 11.5 Å². The van der Waals surface area contributed by atoms with E-state index in [1.165, 1.54) is 19.2 Å². The van der Waals surface area contributed by atoms with E-state index in [9.17, 15) is 20.0 Å². The molecular weight excluding hydrogens is 362 g/mol. The van der Waals surface area contributed by atoms with Crippen LogP contribution in [0.15, 0.2) is 59.7 Å². The number of amides is 1. The zero-order chi connectivity index (χ0) is 20.1. The Morgan fingerprint density at radius 2 is 1.96 bits per heavy atom. The van der Waals surface area contributed by atoms with E-state index >= 15 is 0 Å². The minimum Gasteiger partial charge on any atom is -0.504 e. The number of nitrogens with one attached hydrogen (secondary N) is 1. The second kappa shape index (κ2) is 8.17. The van der Waals surface area contributed by atoms with E-state index in [4.69, 9.17) is 4.74 Å². The van der Waals surface area contributed by atoms with Gasteiger partial charge in [-0.2, -0.15) is 5.10 Å². The number of nitro groups is 1. The molecule has 8 heteroatoms. The van der Waals surface area contributed by atoms with Crippen LogP contribution in [-0.4, -0.2) is 29.3 Å². The Bertz CT molecular complexity index is 1070. The summed E-state index contributed by atoms with van der Waals surface area (Å²) >= 11 is 0. The largest absolute Gasteiger partial charge is 0.504 e. The van der Waals surface area contributed by atoms with Gasteiger partial charge in [-0.1, -0.05) is 42.5 Å². The number of benzene rings is 3. The SMILES string of the molecule is COc1c(O)ccc(/C=N\NC(=O)Cc2cccc3ccccc23)c1[N+](=O)[O-]. The summed E-state index contributed by atoms with van der Waals surface area (Å²) in [6, 6.07) is 16.0. The summed E-state index contributed by atoms with van der Waals surface area (Å²) in [4.78, 5) is 22.8. The number of rotatable bonds is 6. The van der Waals surface area contributed by atoms with Crippen LogP contribution < -0.4 is 10.2 Å². The average Bonchev–Trinajstić information content (AvgIpc) is 2.69. The standard InChI is InChI=1S/C20H17N3O5/c1-28-20-17(24)10-9-15(19(20)23(26)27)12-21-22-18(25)11-14-7-4-6-13-5-2-3-8-16(13)14/h2-10,12,24H,11H2,1H3,(H,22,25)/b21-12-. The Hall–Kier alpha value is -3.94. The van der Waals surface area contributed by atoms with E-state index in [0.29, 0.717) is 0 Å². The maximum absolute atomic E-state index is 12.2. The van der Waals surface area contributed by atoms with Gasteiger partial charge >= 0.3 is 5.69 Å². The lowest BCUT2D eigenvalue weighted by Crippen LogP contribution is -2.20. The molecule has 1 amide bonds. The summed E-state index contributed by atoms with van der Waals surface area (Å²) < 4.78 is 4.88. The molecule has 2 N–H and O–H groups in total. The monoisotopic (exact) mass is 379 g/mol. The fourth-order valence-electron chi connectivity index (χ4n) is 2.90. The van der Waals surface area contributed by atoms with Gasteiger partial charge in [-0.05, 0) is 28.5 Å². The maximum Gasteiger partial charge on any atom is 0.323 e. The summed E-state index contributed by atoms with van der Waals surface area (Å²) in [6.07, 6.45) is 1.25. The Morgan fingerprint density at radius 3 is 2.71 bits per heavy atom. The molecule has 0 aromatic heterocycles. The van der Waals surface area contributed by atoms with Crippen molar-refractivity contribution >= 4 is 28.6 Å². The van der Waals surface area contributed by atoms with E-state index < -0.39 is 10.6 Å². The molecule has 0 aliphatic carbocycles. The molecule has 8 nitrogen and oxygen atoms in total. The molecule has 0 aliphatic rings. The zero-order valence-electron chi connectivity index (χ0n) is 15.0. The maximum atomic E-state index is 12.2. The highest BCUT2D eigenvalue weighted by Gasteiger charge is 2.23. The van der Waals surface area contributed by atoms with Crippen molar-refractivity contribution in [1.82, 2.24) is 5.43 Å². The molecule has 0 radical (unpaired) electrons. The van der Waals surface area contributed by atoms with Gasteiger partial charge in [0.15, 0.2) is 5.75 Å². The summed E-state index contributed by atoms with van der Waals surface area (Å²) in [5.74, 6) is -0.983. The van der Waals surface area contributed by atoms with Gasteiger partial charge in [-0.3, -0.25) is 14.9 Å². The van der Waals surface area contributed by atoms with Crippen LogP contribution >= 0.6 is 0 Å². The first-order valence-electron chi connectivity index (χ1n) is 8.34. The summed E-state index contributed by atoms with van der Waals surface area (Å²) in [7, 11) is 1.22. The average molecular weight is 379 g/mol. The van der Waals surface area contributed by atoms with Crippen LogP contribution in [0.4, 0.5) is 5.69 Å². The summed E-state index contributed by atoms with van der Waals surface area (Å²) in [6.45, 7) is 0. The number of nitro benzene ring substituents is 1. The molecule has 0 atom stereocenters. The van der Waals surface area contributed by atoms with Gasteiger partial charge in [0.2, 0.25) is 11.7 Å². The molecule has 0 spiro atoms. The number of carbonyl (C=O) groups is 1. The van der Waals surface area contributed by atoms with Crippen molar-refractivity contribution in [3.05, 3.63) is 75.8 Å². The number of hydrogen-bond acceptors (Lipinski definition) is 6. The van der Waals surface area contributed by atoms with Gasteiger partial charge in [0.1, 0.15) is 0 Å². The highest BCUT2D eigenvalue weighted by molar-refractivity contribution is 5.92. The fourth-order valence-corrected chi connectivity index (χ4v) is 2.90. The minimum absolute atomic E-state index is 0.0881. The van der Waals surface area contributed by atoms with Crippen LogP contribution in [0.2, 0.25) is 0 Å². The smallest absolute Gasteiger partial charge is 0.323 e. The van der Waals surface area contributed by atoms with Gasteiger partial charge in [0.05, 0.1) is 30.2 Å². The first-order valence-corrected chi connectivity index (χ1v) is 8.34. The lowest BCUT2D eigenvalue weighted by molar-refractivity contribution is -0.386. The number of phenols is 1. The van der Waals surface area contributed by atoms with E-state index in [1.807, 2.05) is 42.5 Å². The molecule has 0 heterocycles. The lowest BCUT2D eigenvalue weighted by Gasteiger charge is -2.07. The van der Waals surface area contributed by atoms with Crippen LogP contribution in [0, 0.1) is 10.1 Å². The normalized spacial score (nSPS) is 10.9. The molecule has 28 heavy (non-hydrogen) atoms. The quantitative estimate of drug-likeness (QED) is 0.388.